The Hall–Kier alpha value is -2.92. The van der Waals surface area contributed by atoms with Crippen LogP contribution in [0.4, 0.5) is 11.5 Å². The van der Waals surface area contributed by atoms with Crippen LogP contribution in [0.3, 0.4) is 0 Å². The molecule has 2 aromatic heterocycles. The Morgan fingerprint density at radius 3 is 2.32 bits per heavy atom. The van der Waals surface area contributed by atoms with Crippen molar-refractivity contribution in [3.8, 4) is 5.69 Å². The van der Waals surface area contributed by atoms with E-state index < -0.39 is 0 Å². The van der Waals surface area contributed by atoms with Gasteiger partial charge in [0.25, 0.3) is 0 Å². The molecule has 0 atom stereocenters. The molecular formula is C20H14BrN3O. The molecule has 0 aliphatic carbocycles. The number of hydrogen-bond acceptors (Lipinski definition) is 3. The zero-order chi connectivity index (χ0) is 17.2. The summed E-state index contributed by atoms with van der Waals surface area (Å²) < 4.78 is 2.73. The second kappa shape index (κ2) is 6.53. The van der Waals surface area contributed by atoms with Gasteiger partial charge in [-0.1, -0.05) is 36.4 Å². The van der Waals surface area contributed by atoms with Crippen LogP contribution in [0.5, 0.6) is 0 Å². The number of halogens is 1. The molecule has 0 saturated carbocycles. The van der Waals surface area contributed by atoms with Gasteiger partial charge in [-0.2, -0.15) is 0 Å². The topological polar surface area (TPSA) is 46.9 Å². The maximum Gasteiger partial charge on any atom is 0.193 e. The van der Waals surface area contributed by atoms with Crippen molar-refractivity contribution in [1.29, 1.82) is 0 Å². The highest BCUT2D eigenvalue weighted by atomic mass is 79.9. The minimum Gasteiger partial charge on any atom is -0.341 e. The highest BCUT2D eigenvalue weighted by molar-refractivity contribution is 9.10. The van der Waals surface area contributed by atoms with Crippen LogP contribution in [0.15, 0.2) is 88.3 Å². The third-order valence-corrected chi connectivity index (χ3v) is 4.31. The van der Waals surface area contributed by atoms with E-state index in [0.29, 0.717) is 16.9 Å². The van der Waals surface area contributed by atoms with Crippen LogP contribution in [0.2, 0.25) is 0 Å². The minimum absolute atomic E-state index is 0.0746. The lowest BCUT2D eigenvalue weighted by Crippen LogP contribution is -2.13. The first-order chi connectivity index (χ1) is 12.2. The van der Waals surface area contributed by atoms with Crippen molar-refractivity contribution in [2.24, 2.45) is 0 Å². The van der Waals surface area contributed by atoms with Crippen molar-refractivity contribution in [2.45, 2.75) is 0 Å². The smallest absolute Gasteiger partial charge is 0.193 e. The number of rotatable bonds is 3. The summed E-state index contributed by atoms with van der Waals surface area (Å²) in [6.45, 7) is 0. The van der Waals surface area contributed by atoms with Crippen LogP contribution in [0.25, 0.3) is 16.7 Å². The summed E-state index contributed by atoms with van der Waals surface area (Å²) >= 11 is 3.39. The van der Waals surface area contributed by atoms with Crippen molar-refractivity contribution < 1.29 is 0 Å². The van der Waals surface area contributed by atoms with Gasteiger partial charge in [-0.3, -0.25) is 9.36 Å². The van der Waals surface area contributed by atoms with Crippen LogP contribution in [-0.4, -0.2) is 9.55 Å². The van der Waals surface area contributed by atoms with E-state index in [9.17, 15) is 4.79 Å². The van der Waals surface area contributed by atoms with Crippen LogP contribution in [0, 0.1) is 0 Å². The second-order valence-electron chi connectivity index (χ2n) is 5.58. The number of para-hydroxylation sites is 2. The lowest BCUT2D eigenvalue weighted by atomic mass is 10.2. The molecular weight excluding hydrogens is 378 g/mol. The number of pyridine rings is 2. The first-order valence-corrected chi connectivity index (χ1v) is 8.60. The first-order valence-electron chi connectivity index (χ1n) is 7.81. The average Bonchev–Trinajstić information content (AvgIpc) is 2.64. The summed E-state index contributed by atoms with van der Waals surface area (Å²) in [5.74, 6) is 0.671. The highest BCUT2D eigenvalue weighted by Crippen LogP contribution is 2.25. The molecule has 4 aromatic rings. The molecule has 0 spiro atoms. The zero-order valence-electron chi connectivity index (χ0n) is 13.2. The van der Waals surface area contributed by atoms with Crippen molar-refractivity contribution in [2.75, 3.05) is 5.32 Å². The van der Waals surface area contributed by atoms with Gasteiger partial charge in [0, 0.05) is 28.1 Å². The first kappa shape index (κ1) is 15.6. The molecule has 4 rings (SSSR count). The fraction of sp³-hybridized carbons (Fsp3) is 0. The van der Waals surface area contributed by atoms with Gasteiger partial charge in [-0.05, 0) is 46.3 Å². The summed E-state index contributed by atoms with van der Waals surface area (Å²) in [6.07, 6.45) is 1.70. The van der Waals surface area contributed by atoms with Crippen molar-refractivity contribution >= 4 is 38.5 Å². The summed E-state index contributed by atoms with van der Waals surface area (Å²) in [4.78, 5) is 17.1. The molecule has 25 heavy (non-hydrogen) atoms. The molecule has 0 aliphatic rings. The van der Waals surface area contributed by atoms with Gasteiger partial charge in [0.05, 0.1) is 5.39 Å². The lowest BCUT2D eigenvalue weighted by molar-refractivity contribution is 1.07. The van der Waals surface area contributed by atoms with E-state index in [1.54, 1.807) is 18.3 Å². The van der Waals surface area contributed by atoms with Crippen LogP contribution in [0.1, 0.15) is 0 Å². The van der Waals surface area contributed by atoms with Gasteiger partial charge in [0.2, 0.25) is 0 Å². The molecule has 4 nitrogen and oxygen atoms in total. The number of nitrogens with zero attached hydrogens (tertiary/aromatic N) is 2. The maximum atomic E-state index is 12.6. The quantitative estimate of drug-likeness (QED) is 0.540. The van der Waals surface area contributed by atoms with Gasteiger partial charge >= 0.3 is 0 Å². The number of hydrogen-bond donors (Lipinski definition) is 1. The average molecular weight is 392 g/mol. The molecule has 5 heteroatoms. The standard InChI is InChI=1S/C20H14BrN3O/c21-14-11-17-18(25)12-19(23-15-7-3-1-4-8-15)24(20(17)22-13-14)16-9-5-2-6-10-16/h1-13,23H. The van der Waals surface area contributed by atoms with Crippen LogP contribution in [-0.2, 0) is 0 Å². The minimum atomic E-state index is -0.0746. The Labute approximate surface area is 152 Å². The molecule has 0 aliphatic heterocycles. The van der Waals surface area contributed by atoms with E-state index in [2.05, 4.69) is 26.2 Å². The Morgan fingerprint density at radius 1 is 0.920 bits per heavy atom. The molecule has 0 saturated heterocycles. The van der Waals surface area contributed by atoms with Gasteiger partial charge in [-0.25, -0.2) is 4.98 Å². The van der Waals surface area contributed by atoms with Crippen molar-refractivity contribution in [3.05, 3.63) is 93.7 Å². The van der Waals surface area contributed by atoms with E-state index in [1.807, 2.05) is 65.2 Å². The molecule has 1 N–H and O–H groups in total. The number of benzene rings is 2. The summed E-state index contributed by atoms with van der Waals surface area (Å²) in [6, 6.07) is 23.0. The van der Waals surface area contributed by atoms with Gasteiger partial charge in [0.15, 0.2) is 5.43 Å². The predicted octanol–water partition coefficient (Wildman–Crippen LogP) is 4.89. The Morgan fingerprint density at radius 2 is 1.60 bits per heavy atom. The third kappa shape index (κ3) is 3.06. The SMILES string of the molecule is O=c1cc(Nc2ccccc2)n(-c2ccccc2)c2ncc(Br)cc12. The van der Waals surface area contributed by atoms with E-state index in [1.165, 1.54) is 0 Å². The van der Waals surface area contributed by atoms with Gasteiger partial charge in [0.1, 0.15) is 11.5 Å². The van der Waals surface area contributed by atoms with E-state index in [0.717, 1.165) is 15.8 Å². The number of aromatic nitrogens is 2. The predicted molar refractivity (Wildman–Crippen MR) is 105 cm³/mol. The Balaban J connectivity index is 2.01. The zero-order valence-corrected chi connectivity index (χ0v) is 14.8. The maximum absolute atomic E-state index is 12.6. The molecule has 0 unspecified atom stereocenters. The fourth-order valence-electron chi connectivity index (χ4n) is 2.77. The number of nitrogens with one attached hydrogen (secondary N) is 1. The monoisotopic (exact) mass is 391 g/mol. The normalized spacial score (nSPS) is 10.8. The fourth-order valence-corrected chi connectivity index (χ4v) is 3.10. The largest absolute Gasteiger partial charge is 0.341 e. The van der Waals surface area contributed by atoms with E-state index in [-0.39, 0.29) is 5.43 Å². The molecule has 2 heterocycles. The van der Waals surface area contributed by atoms with Crippen molar-refractivity contribution in [1.82, 2.24) is 9.55 Å². The van der Waals surface area contributed by atoms with Crippen LogP contribution >= 0.6 is 15.9 Å². The Kier molecular flexibility index (Phi) is 4.07. The van der Waals surface area contributed by atoms with E-state index >= 15 is 0 Å². The van der Waals surface area contributed by atoms with E-state index in [4.69, 9.17) is 0 Å². The number of anilines is 2. The second-order valence-corrected chi connectivity index (χ2v) is 6.50. The molecule has 0 amide bonds. The summed E-state index contributed by atoms with van der Waals surface area (Å²) in [5, 5.41) is 3.90. The lowest BCUT2D eigenvalue weighted by Gasteiger charge is -2.17. The Bertz CT molecular complexity index is 1090. The number of fused-ring (bicyclic) bond motifs is 1. The molecule has 0 fully saturated rings. The summed E-state index contributed by atoms with van der Waals surface area (Å²) in [7, 11) is 0. The summed E-state index contributed by atoms with van der Waals surface area (Å²) in [5.41, 5.74) is 2.37. The third-order valence-electron chi connectivity index (χ3n) is 3.88. The van der Waals surface area contributed by atoms with Gasteiger partial charge in [-0.15, -0.1) is 0 Å². The molecule has 0 radical (unpaired) electrons. The van der Waals surface area contributed by atoms with Crippen LogP contribution < -0.4 is 10.7 Å². The van der Waals surface area contributed by atoms with Crippen molar-refractivity contribution in [3.63, 3.8) is 0 Å². The molecule has 122 valence electrons. The highest BCUT2D eigenvalue weighted by Gasteiger charge is 2.12. The molecule has 2 aromatic carbocycles. The molecule has 0 bridgehead atoms. The van der Waals surface area contributed by atoms with Gasteiger partial charge < -0.3 is 5.32 Å².